The Morgan fingerprint density at radius 2 is 2.14 bits per heavy atom. The summed E-state index contributed by atoms with van der Waals surface area (Å²) in [5.41, 5.74) is 3.91. The molecule has 0 N–H and O–H groups in total. The quantitative estimate of drug-likeness (QED) is 0.557. The van der Waals surface area contributed by atoms with Crippen LogP contribution in [0, 0.1) is 31.0 Å². The number of carbonyl (C=O) groups excluding carboxylic acids is 1. The number of piperazine rings is 1. The van der Waals surface area contributed by atoms with Crippen molar-refractivity contribution in [3.63, 3.8) is 0 Å². The summed E-state index contributed by atoms with van der Waals surface area (Å²) in [5.74, 6) is -0.477. The summed E-state index contributed by atoms with van der Waals surface area (Å²) in [6.07, 6.45) is 3.15. The van der Waals surface area contributed by atoms with Crippen molar-refractivity contribution in [2.75, 3.05) is 32.8 Å². The Labute approximate surface area is 201 Å². The van der Waals surface area contributed by atoms with E-state index in [0.29, 0.717) is 31.8 Å². The number of fused-ring (bicyclic) bond motifs is 1. The van der Waals surface area contributed by atoms with E-state index in [1.54, 1.807) is 19.2 Å². The van der Waals surface area contributed by atoms with Crippen molar-refractivity contribution in [2.45, 2.75) is 32.4 Å². The standard InChI is InChI=1S/C24H25FN8O2/c1-15-7-17(33-14-28-29-30-33)10-27-22(15)8-24(34)32-6-5-31-12-23(35-13-18(31)11-32)19-3-4-21(25)20(9-26)16(19)2/h3-4,7,10,14,18,23H,5-6,8,11-13H2,1-2H3/t18-,23+/m0/s1. The second kappa shape index (κ2) is 9.48. The molecule has 2 fully saturated rings. The smallest absolute Gasteiger partial charge is 0.228 e. The van der Waals surface area contributed by atoms with E-state index >= 15 is 0 Å². The number of hydrogen-bond donors (Lipinski definition) is 0. The highest BCUT2D eigenvalue weighted by Gasteiger charge is 2.36. The molecule has 10 nitrogen and oxygen atoms in total. The highest BCUT2D eigenvalue weighted by Crippen LogP contribution is 2.31. The van der Waals surface area contributed by atoms with E-state index in [9.17, 15) is 14.4 Å². The molecule has 0 bridgehead atoms. The summed E-state index contributed by atoms with van der Waals surface area (Å²) < 4.78 is 21.6. The lowest BCUT2D eigenvalue weighted by Gasteiger charge is -2.46. The first-order valence-electron chi connectivity index (χ1n) is 11.5. The summed E-state index contributed by atoms with van der Waals surface area (Å²) in [6.45, 7) is 6.72. The number of nitriles is 1. The molecule has 2 atom stereocenters. The average molecular weight is 477 g/mol. The van der Waals surface area contributed by atoms with Crippen LogP contribution in [0.5, 0.6) is 0 Å². The van der Waals surface area contributed by atoms with E-state index in [2.05, 4.69) is 25.4 Å². The highest BCUT2D eigenvalue weighted by atomic mass is 19.1. The minimum absolute atomic E-state index is 0.0330. The number of amides is 1. The number of halogens is 1. The van der Waals surface area contributed by atoms with Crippen molar-refractivity contribution in [3.8, 4) is 11.8 Å². The number of tetrazole rings is 1. The number of morpholine rings is 1. The Kier molecular flexibility index (Phi) is 6.23. The van der Waals surface area contributed by atoms with E-state index in [1.165, 1.54) is 17.1 Å². The van der Waals surface area contributed by atoms with Gasteiger partial charge in [0, 0.05) is 26.2 Å². The van der Waals surface area contributed by atoms with E-state index in [4.69, 9.17) is 4.74 Å². The highest BCUT2D eigenvalue weighted by molar-refractivity contribution is 5.79. The van der Waals surface area contributed by atoms with Crippen molar-refractivity contribution >= 4 is 5.91 Å². The number of rotatable bonds is 4. The van der Waals surface area contributed by atoms with Crippen molar-refractivity contribution in [1.29, 1.82) is 5.26 Å². The van der Waals surface area contributed by atoms with Crippen LogP contribution in [0.25, 0.3) is 5.69 Å². The van der Waals surface area contributed by atoms with Gasteiger partial charge >= 0.3 is 0 Å². The second-order valence-corrected chi connectivity index (χ2v) is 8.95. The monoisotopic (exact) mass is 476 g/mol. The summed E-state index contributed by atoms with van der Waals surface area (Å²) in [6, 6.07) is 6.99. The van der Waals surface area contributed by atoms with Gasteiger partial charge in [-0.2, -0.15) is 9.94 Å². The Morgan fingerprint density at radius 1 is 1.29 bits per heavy atom. The normalized spacial score (nSPS) is 20.3. The lowest BCUT2D eigenvalue weighted by molar-refractivity contribution is -0.139. The van der Waals surface area contributed by atoms with Crippen molar-refractivity contribution in [1.82, 2.24) is 35.0 Å². The predicted molar refractivity (Wildman–Crippen MR) is 122 cm³/mol. The van der Waals surface area contributed by atoms with Crippen LogP contribution in [0.1, 0.15) is 34.1 Å². The van der Waals surface area contributed by atoms with Gasteiger partial charge in [0.05, 0.1) is 48.3 Å². The van der Waals surface area contributed by atoms with E-state index in [0.717, 1.165) is 29.1 Å². The summed E-state index contributed by atoms with van der Waals surface area (Å²) in [4.78, 5) is 21.7. The molecule has 180 valence electrons. The molecule has 2 aliphatic rings. The van der Waals surface area contributed by atoms with Crippen molar-refractivity contribution in [2.24, 2.45) is 0 Å². The molecule has 1 aromatic carbocycles. The summed E-state index contributed by atoms with van der Waals surface area (Å²) in [7, 11) is 0. The Balaban J connectivity index is 1.21. The molecule has 1 amide bonds. The van der Waals surface area contributed by atoms with Crippen LogP contribution in [-0.4, -0.2) is 79.7 Å². The van der Waals surface area contributed by atoms with Gasteiger partial charge in [-0.05, 0) is 53.1 Å². The molecule has 35 heavy (non-hydrogen) atoms. The predicted octanol–water partition coefficient (Wildman–Crippen LogP) is 1.51. The van der Waals surface area contributed by atoms with Crippen molar-refractivity contribution in [3.05, 3.63) is 64.5 Å². The number of aryl methyl sites for hydroxylation is 1. The van der Waals surface area contributed by atoms with Gasteiger partial charge in [0.1, 0.15) is 18.2 Å². The van der Waals surface area contributed by atoms with Gasteiger partial charge in [0.25, 0.3) is 0 Å². The topological polar surface area (TPSA) is 113 Å². The number of carbonyl (C=O) groups is 1. The number of aromatic nitrogens is 5. The minimum atomic E-state index is -0.510. The SMILES string of the molecule is Cc1cc(-n2cnnn2)cnc1CC(=O)N1CCN2C[C@H](c3ccc(F)c(C#N)c3C)OC[C@@H]2C1. The summed E-state index contributed by atoms with van der Waals surface area (Å²) in [5, 5.41) is 20.4. The minimum Gasteiger partial charge on any atom is -0.370 e. The molecule has 2 aromatic heterocycles. The largest absolute Gasteiger partial charge is 0.370 e. The lowest BCUT2D eigenvalue weighted by Crippen LogP contribution is -2.59. The maximum atomic E-state index is 13.9. The number of ether oxygens (including phenoxy) is 1. The fourth-order valence-electron chi connectivity index (χ4n) is 4.81. The van der Waals surface area contributed by atoms with Crippen LogP contribution in [0.15, 0.2) is 30.7 Å². The van der Waals surface area contributed by atoms with E-state index in [-0.39, 0.29) is 30.0 Å². The molecule has 4 heterocycles. The van der Waals surface area contributed by atoms with Gasteiger partial charge in [-0.3, -0.25) is 14.7 Å². The fourth-order valence-corrected chi connectivity index (χ4v) is 4.81. The van der Waals surface area contributed by atoms with Gasteiger partial charge in [0.2, 0.25) is 5.91 Å². The molecule has 0 spiro atoms. The van der Waals surface area contributed by atoms with E-state index < -0.39 is 5.82 Å². The molecule has 0 aliphatic carbocycles. The van der Waals surface area contributed by atoms with Gasteiger partial charge < -0.3 is 9.64 Å². The van der Waals surface area contributed by atoms with Crippen LogP contribution in [0.3, 0.4) is 0 Å². The lowest BCUT2D eigenvalue weighted by atomic mass is 9.96. The third-order valence-corrected chi connectivity index (χ3v) is 6.87. The third kappa shape index (κ3) is 4.50. The maximum absolute atomic E-state index is 13.9. The van der Waals surface area contributed by atoms with Gasteiger partial charge in [-0.15, -0.1) is 5.10 Å². The molecular formula is C24H25FN8O2. The maximum Gasteiger partial charge on any atom is 0.228 e. The molecule has 11 heteroatoms. The Hall–Kier alpha value is -3.75. The van der Waals surface area contributed by atoms with E-state index in [1.807, 2.05) is 24.0 Å². The fraction of sp³-hybridized carbons (Fsp3) is 0.417. The van der Waals surface area contributed by atoms with Gasteiger partial charge in [-0.25, -0.2) is 4.39 Å². The molecule has 3 aromatic rings. The zero-order valence-corrected chi connectivity index (χ0v) is 19.6. The zero-order valence-electron chi connectivity index (χ0n) is 19.6. The number of hydrogen-bond acceptors (Lipinski definition) is 8. The van der Waals surface area contributed by atoms with Gasteiger partial charge in [0.15, 0.2) is 0 Å². The first-order chi connectivity index (χ1) is 16.9. The number of nitrogens with zero attached hydrogens (tertiary/aromatic N) is 8. The molecule has 0 saturated carbocycles. The first-order valence-corrected chi connectivity index (χ1v) is 11.5. The molecule has 2 aliphatic heterocycles. The average Bonchev–Trinajstić information content (AvgIpc) is 3.40. The second-order valence-electron chi connectivity index (χ2n) is 8.95. The molecule has 2 saturated heterocycles. The molecule has 0 radical (unpaired) electrons. The Morgan fingerprint density at radius 3 is 2.89 bits per heavy atom. The van der Waals surface area contributed by atoms with Crippen molar-refractivity contribution < 1.29 is 13.9 Å². The third-order valence-electron chi connectivity index (χ3n) is 6.87. The molecule has 0 unspecified atom stereocenters. The van der Waals surface area contributed by atoms with Crippen LogP contribution >= 0.6 is 0 Å². The Bertz CT molecular complexity index is 1290. The number of benzene rings is 1. The summed E-state index contributed by atoms with van der Waals surface area (Å²) >= 11 is 0. The van der Waals surface area contributed by atoms with Crippen LogP contribution in [0.2, 0.25) is 0 Å². The van der Waals surface area contributed by atoms with Crippen LogP contribution in [-0.2, 0) is 16.0 Å². The van der Waals surface area contributed by atoms with Crippen LogP contribution < -0.4 is 0 Å². The molecule has 5 rings (SSSR count). The zero-order chi connectivity index (χ0) is 24.5. The molecular weight excluding hydrogens is 451 g/mol. The van der Waals surface area contributed by atoms with Crippen LogP contribution in [0.4, 0.5) is 4.39 Å². The first kappa shape index (κ1) is 23.0. The van der Waals surface area contributed by atoms with Gasteiger partial charge in [-0.1, -0.05) is 6.07 Å². The number of pyridine rings is 1.